The van der Waals surface area contributed by atoms with Crippen molar-refractivity contribution in [3.63, 3.8) is 0 Å². The topological polar surface area (TPSA) is 408 Å². The quantitative estimate of drug-likeness (QED) is 0.0404. The van der Waals surface area contributed by atoms with Gasteiger partial charge in [0.05, 0.1) is 74.5 Å². The molecule has 6 aromatic heterocycles. The van der Waals surface area contributed by atoms with Crippen LogP contribution in [0, 0.1) is 0 Å². The largest absolute Gasteiger partial charge is 0.394 e. The number of aliphatic hydroxyl groups excluding tert-OH is 8. The summed E-state index contributed by atoms with van der Waals surface area (Å²) in [5.41, 5.74) is 2.83. The van der Waals surface area contributed by atoms with E-state index in [4.69, 9.17) is 19.9 Å². The lowest BCUT2D eigenvalue weighted by molar-refractivity contribution is -0.126. The van der Waals surface area contributed by atoms with Crippen molar-refractivity contribution >= 4 is 63.4 Å². The monoisotopic (exact) mass is 1070 g/mol. The van der Waals surface area contributed by atoms with E-state index < -0.39 is 91.7 Å². The molecular formula is C49H56N18O11. The predicted octanol–water partition coefficient (Wildman–Crippen LogP) is -1.70. The fourth-order valence-corrected chi connectivity index (χ4v) is 9.85. The van der Waals surface area contributed by atoms with Gasteiger partial charge in [0.25, 0.3) is 0 Å². The fourth-order valence-electron chi connectivity index (χ4n) is 9.85. The predicted molar refractivity (Wildman–Crippen MR) is 276 cm³/mol. The second-order valence-corrected chi connectivity index (χ2v) is 19.0. The standard InChI is InChI=1S/C49H56N18O11/c68-17-27(11-25-7-3-1-4-8-25)54-43-37-45(66(23-52-37)31-13-29(39(74)41(31)76)56-35(72)19-70)62-47(60-43)64-15-33(50-21-64)58-49(78)59-34-16-65(22-51-34)48-61-44(55-28(18-69)12-26-9-5-2-6-10-26)38-46(63-48)67(24-53-38)32-14-30(40(75)42(32)77)57-36(73)20-71/h1-10,15-16,21-24,27-32,39-42,68-71,74-77H,11-14,17-20H2,(H,56,72)(H,57,73)(H,54,60,62)(H,55,61,63)(H2,58,59,78)/t27-,28-,29-,30-,31+,32+,39+,40+,41-,42-/m0/s1. The lowest BCUT2D eigenvalue weighted by Gasteiger charge is -2.20. The molecule has 0 spiro atoms. The van der Waals surface area contributed by atoms with Crippen LogP contribution in [0.4, 0.5) is 28.1 Å². The highest BCUT2D eigenvalue weighted by molar-refractivity contribution is 5.98. The van der Waals surface area contributed by atoms with E-state index >= 15 is 0 Å². The van der Waals surface area contributed by atoms with Gasteiger partial charge in [0.1, 0.15) is 50.3 Å². The Labute approximate surface area is 441 Å². The van der Waals surface area contributed by atoms with Gasteiger partial charge in [-0.1, -0.05) is 60.7 Å². The van der Waals surface area contributed by atoms with Gasteiger partial charge in [-0.3, -0.25) is 29.4 Å². The number of urea groups is 1. The highest BCUT2D eigenvalue weighted by Gasteiger charge is 2.45. The average molecular weight is 1070 g/mol. The van der Waals surface area contributed by atoms with E-state index in [0.717, 1.165) is 11.1 Å². The third-order valence-corrected chi connectivity index (χ3v) is 13.7. The van der Waals surface area contributed by atoms with Crippen molar-refractivity contribution < 1.29 is 55.2 Å². The molecule has 2 aromatic carbocycles. The molecule has 6 heterocycles. The number of nitrogens with zero attached hydrogens (tertiary/aromatic N) is 12. The van der Waals surface area contributed by atoms with Crippen LogP contribution >= 0.6 is 0 Å². The Morgan fingerprint density at radius 1 is 0.538 bits per heavy atom. The second-order valence-electron chi connectivity index (χ2n) is 19.0. The number of carbonyl (C=O) groups excluding carboxylic acids is 3. The molecule has 29 nitrogen and oxygen atoms in total. The van der Waals surface area contributed by atoms with Gasteiger partial charge in [0, 0.05) is 0 Å². The van der Waals surface area contributed by atoms with Crippen molar-refractivity contribution in [3.05, 3.63) is 109 Å². The van der Waals surface area contributed by atoms with Crippen LogP contribution in [0.25, 0.3) is 34.2 Å². The van der Waals surface area contributed by atoms with Crippen LogP contribution in [0.15, 0.2) is 98.4 Å². The second kappa shape index (κ2) is 23.0. The maximum Gasteiger partial charge on any atom is 0.326 e. The molecule has 2 aliphatic rings. The van der Waals surface area contributed by atoms with Crippen molar-refractivity contribution in [2.75, 3.05) is 47.7 Å². The fraction of sp³-hybridized carbons (Fsp3) is 0.367. The van der Waals surface area contributed by atoms with Gasteiger partial charge < -0.3 is 71.3 Å². The lowest BCUT2D eigenvalue weighted by atomic mass is 10.1. The van der Waals surface area contributed by atoms with Crippen LogP contribution in [0.3, 0.4) is 0 Å². The molecule has 78 heavy (non-hydrogen) atoms. The normalized spacial score (nSPS) is 21.8. The molecule has 0 bridgehead atoms. The summed E-state index contributed by atoms with van der Waals surface area (Å²) in [7, 11) is 0. The average Bonchev–Trinajstić information content (AvgIpc) is 4.54. The molecule has 10 atom stereocenters. The zero-order valence-electron chi connectivity index (χ0n) is 41.3. The summed E-state index contributed by atoms with van der Waals surface area (Å²) in [6.07, 6.45) is 3.83. The summed E-state index contributed by atoms with van der Waals surface area (Å²) in [5, 5.41) is 101. The van der Waals surface area contributed by atoms with Crippen LogP contribution in [0.5, 0.6) is 0 Å². The van der Waals surface area contributed by atoms with Crippen molar-refractivity contribution in [3.8, 4) is 11.9 Å². The minimum atomic E-state index is -1.38. The van der Waals surface area contributed by atoms with E-state index in [1.807, 2.05) is 60.7 Å². The highest BCUT2D eigenvalue weighted by atomic mass is 16.3. The van der Waals surface area contributed by atoms with Gasteiger partial charge in [0.2, 0.25) is 23.7 Å². The number of aliphatic hydroxyl groups is 8. The molecule has 0 radical (unpaired) electrons. The van der Waals surface area contributed by atoms with E-state index in [-0.39, 0.29) is 83.6 Å². The summed E-state index contributed by atoms with van der Waals surface area (Å²) in [6, 6.07) is 13.7. The van der Waals surface area contributed by atoms with Gasteiger partial charge in [-0.15, -0.1) is 0 Å². The van der Waals surface area contributed by atoms with Gasteiger partial charge in [0.15, 0.2) is 45.6 Å². The first-order valence-electron chi connectivity index (χ1n) is 24.8. The Morgan fingerprint density at radius 3 is 1.33 bits per heavy atom. The first kappa shape index (κ1) is 52.9. The number of hydrogen-bond donors (Lipinski definition) is 14. The van der Waals surface area contributed by atoms with Crippen LogP contribution in [0.1, 0.15) is 36.1 Å². The summed E-state index contributed by atoms with van der Waals surface area (Å²) < 4.78 is 5.94. The lowest BCUT2D eigenvalue weighted by Crippen LogP contribution is -2.44. The van der Waals surface area contributed by atoms with Crippen LogP contribution in [0.2, 0.25) is 0 Å². The Kier molecular flexibility index (Phi) is 15.6. The zero-order chi connectivity index (χ0) is 54.6. The molecule has 2 saturated carbocycles. The summed E-state index contributed by atoms with van der Waals surface area (Å²) >= 11 is 0. The molecule has 10 rings (SSSR count). The number of carbonyl (C=O) groups is 3. The summed E-state index contributed by atoms with van der Waals surface area (Å²) in [4.78, 5) is 74.5. The Morgan fingerprint density at radius 2 is 0.949 bits per heavy atom. The third kappa shape index (κ3) is 11.1. The molecular weight excluding hydrogens is 1020 g/mol. The number of rotatable bonds is 20. The van der Waals surface area contributed by atoms with E-state index in [9.17, 15) is 55.2 Å². The van der Waals surface area contributed by atoms with Crippen LogP contribution < -0.4 is 31.9 Å². The van der Waals surface area contributed by atoms with Crippen molar-refractivity contribution in [2.45, 2.75) is 86.4 Å². The highest BCUT2D eigenvalue weighted by Crippen LogP contribution is 2.36. The number of imidazole rings is 4. The molecule has 0 aliphatic heterocycles. The molecule has 408 valence electrons. The molecule has 4 amide bonds. The van der Waals surface area contributed by atoms with E-state index in [0.29, 0.717) is 12.8 Å². The molecule has 8 aromatic rings. The number of fused-ring (bicyclic) bond motifs is 2. The third-order valence-electron chi connectivity index (χ3n) is 13.7. The molecule has 2 aliphatic carbocycles. The molecule has 2 fully saturated rings. The number of nitrogens with one attached hydrogen (secondary N) is 6. The minimum absolute atomic E-state index is 0.0328. The summed E-state index contributed by atoms with van der Waals surface area (Å²) in [5.74, 6) is -0.855. The van der Waals surface area contributed by atoms with Crippen LogP contribution in [-0.4, -0.2) is 192 Å². The number of aromatic nitrogens is 12. The van der Waals surface area contributed by atoms with Gasteiger partial charge >= 0.3 is 6.03 Å². The van der Waals surface area contributed by atoms with E-state index in [1.165, 1.54) is 46.8 Å². The first-order valence-corrected chi connectivity index (χ1v) is 24.8. The van der Waals surface area contributed by atoms with Crippen molar-refractivity contribution in [2.24, 2.45) is 0 Å². The van der Waals surface area contributed by atoms with Gasteiger partial charge in [-0.05, 0) is 36.8 Å². The van der Waals surface area contributed by atoms with Crippen molar-refractivity contribution in [1.82, 2.24) is 68.8 Å². The first-order chi connectivity index (χ1) is 37.8. The molecule has 14 N–H and O–H groups in total. The summed E-state index contributed by atoms with van der Waals surface area (Å²) in [6.45, 7) is -2.19. The zero-order valence-corrected chi connectivity index (χ0v) is 41.3. The minimum Gasteiger partial charge on any atom is -0.394 e. The molecule has 0 unspecified atom stereocenters. The smallest absolute Gasteiger partial charge is 0.326 e. The number of anilines is 4. The maximum atomic E-state index is 13.6. The number of benzene rings is 2. The van der Waals surface area contributed by atoms with E-state index in [1.54, 1.807) is 9.13 Å². The Balaban J connectivity index is 0.904. The van der Waals surface area contributed by atoms with Gasteiger partial charge in [-0.2, -0.15) is 19.9 Å². The number of amides is 4. The Hall–Kier alpha value is -8.55. The maximum absolute atomic E-state index is 13.6. The SMILES string of the molecule is O=C(CO)N[C@H]1C[C@@H](n2cnc3c(N[C@H](CO)Cc4ccccc4)nc(-n4cnc(NC(=O)Nc5cn(-c6nc(N[C@H](CO)Cc7ccccc7)c7ncn([C@@H]8C[C@H](NC(=O)CO)[C@@H](O)[C@H]8O)c7n6)cn5)c4)nc32)[C@H](O)[C@@H]1O. The van der Waals surface area contributed by atoms with Crippen LogP contribution in [-0.2, 0) is 22.4 Å². The van der Waals surface area contributed by atoms with Crippen molar-refractivity contribution in [1.29, 1.82) is 0 Å². The number of hydrogen-bond acceptors (Lipinski definition) is 21. The molecule has 29 heteroatoms. The Bertz CT molecular complexity index is 3170. The van der Waals surface area contributed by atoms with Gasteiger partial charge in [-0.25, -0.2) is 24.7 Å². The van der Waals surface area contributed by atoms with E-state index in [2.05, 4.69) is 51.8 Å². The molecule has 0 saturated heterocycles.